The van der Waals surface area contributed by atoms with Gasteiger partial charge in [0.1, 0.15) is 6.04 Å². The van der Waals surface area contributed by atoms with Gasteiger partial charge < -0.3 is 15.1 Å². The summed E-state index contributed by atoms with van der Waals surface area (Å²) in [6.07, 6.45) is 3.86. The Morgan fingerprint density at radius 3 is 2.33 bits per heavy atom. The molecule has 18 heavy (non-hydrogen) atoms. The zero-order valence-corrected chi connectivity index (χ0v) is 10.7. The summed E-state index contributed by atoms with van der Waals surface area (Å²) in [6, 6.07) is -0.170. The third kappa shape index (κ3) is 2.23. The van der Waals surface area contributed by atoms with E-state index in [0.717, 1.165) is 58.4 Å². The number of carbonyl (C=O) groups is 2. The molecule has 2 heterocycles. The monoisotopic (exact) mass is 251 g/mol. The molecule has 1 unspecified atom stereocenters. The summed E-state index contributed by atoms with van der Waals surface area (Å²) in [5.41, 5.74) is 0. The van der Waals surface area contributed by atoms with Crippen LogP contribution >= 0.6 is 0 Å². The second-order valence-corrected chi connectivity index (χ2v) is 5.54. The molecular weight excluding hydrogens is 230 g/mol. The van der Waals surface area contributed by atoms with Gasteiger partial charge in [-0.25, -0.2) is 0 Å². The van der Waals surface area contributed by atoms with E-state index in [1.165, 1.54) is 0 Å². The maximum Gasteiger partial charge on any atom is 0.245 e. The molecule has 5 nitrogen and oxygen atoms in total. The number of nitrogens with zero attached hydrogens (tertiary/aromatic N) is 2. The van der Waals surface area contributed by atoms with Crippen LogP contribution in [0.3, 0.4) is 0 Å². The van der Waals surface area contributed by atoms with Gasteiger partial charge in [0.25, 0.3) is 0 Å². The molecule has 2 amide bonds. The topological polar surface area (TPSA) is 52.7 Å². The van der Waals surface area contributed by atoms with E-state index in [2.05, 4.69) is 5.32 Å². The van der Waals surface area contributed by atoms with Crippen LogP contribution in [0, 0.1) is 5.92 Å². The molecule has 2 aliphatic heterocycles. The van der Waals surface area contributed by atoms with Crippen LogP contribution in [0.15, 0.2) is 0 Å². The van der Waals surface area contributed by atoms with Crippen LogP contribution in [-0.4, -0.2) is 60.4 Å². The second-order valence-electron chi connectivity index (χ2n) is 5.54. The molecule has 0 aromatic rings. The fraction of sp³-hybridized carbons (Fsp3) is 0.846. The predicted octanol–water partition coefficient (Wildman–Crippen LogP) is -0.181. The van der Waals surface area contributed by atoms with Crippen LogP contribution < -0.4 is 5.32 Å². The highest BCUT2D eigenvalue weighted by molar-refractivity contribution is 5.90. The van der Waals surface area contributed by atoms with Gasteiger partial charge >= 0.3 is 0 Å². The highest BCUT2D eigenvalue weighted by Gasteiger charge is 2.42. The minimum Gasteiger partial charge on any atom is -0.338 e. The minimum atomic E-state index is -0.170. The number of nitrogens with one attached hydrogen (secondary N) is 1. The van der Waals surface area contributed by atoms with Crippen molar-refractivity contribution >= 4 is 11.8 Å². The number of rotatable bonds is 2. The number of hydrogen-bond acceptors (Lipinski definition) is 3. The number of amides is 2. The number of carbonyl (C=O) groups excluding carboxylic acids is 2. The summed E-state index contributed by atoms with van der Waals surface area (Å²) in [5.74, 6) is 0.616. The quantitative estimate of drug-likeness (QED) is 0.740. The minimum absolute atomic E-state index is 0.169. The maximum atomic E-state index is 12.5. The Labute approximate surface area is 107 Å². The third-order valence-electron chi connectivity index (χ3n) is 4.18. The van der Waals surface area contributed by atoms with E-state index in [0.29, 0.717) is 0 Å². The molecule has 3 aliphatic rings. The molecular formula is C13H21N3O2. The van der Waals surface area contributed by atoms with Crippen molar-refractivity contribution in [1.82, 2.24) is 15.1 Å². The van der Waals surface area contributed by atoms with Crippen molar-refractivity contribution in [1.29, 1.82) is 0 Å². The van der Waals surface area contributed by atoms with Crippen LogP contribution in [0.4, 0.5) is 0 Å². The van der Waals surface area contributed by atoms with Gasteiger partial charge in [0, 0.05) is 38.6 Å². The predicted molar refractivity (Wildman–Crippen MR) is 66.9 cm³/mol. The van der Waals surface area contributed by atoms with Gasteiger partial charge in [-0.05, 0) is 25.7 Å². The summed E-state index contributed by atoms with van der Waals surface area (Å²) < 4.78 is 0. The molecule has 0 spiro atoms. The second kappa shape index (κ2) is 4.88. The summed E-state index contributed by atoms with van der Waals surface area (Å²) in [7, 11) is 0. The van der Waals surface area contributed by atoms with Gasteiger partial charge in [0.15, 0.2) is 0 Å². The van der Waals surface area contributed by atoms with E-state index in [1.54, 1.807) is 0 Å². The van der Waals surface area contributed by atoms with Gasteiger partial charge in [-0.2, -0.15) is 0 Å². The first-order chi connectivity index (χ1) is 8.77. The largest absolute Gasteiger partial charge is 0.338 e. The van der Waals surface area contributed by atoms with Crippen molar-refractivity contribution in [2.45, 2.75) is 31.7 Å². The molecule has 2 saturated heterocycles. The zero-order chi connectivity index (χ0) is 12.5. The molecule has 3 fully saturated rings. The summed E-state index contributed by atoms with van der Waals surface area (Å²) in [4.78, 5) is 28.4. The Kier molecular flexibility index (Phi) is 3.24. The van der Waals surface area contributed by atoms with E-state index in [1.807, 2.05) is 9.80 Å². The molecule has 3 rings (SSSR count). The zero-order valence-electron chi connectivity index (χ0n) is 10.7. The Hall–Kier alpha value is -1.10. The maximum absolute atomic E-state index is 12.5. The highest BCUT2D eigenvalue weighted by Crippen LogP contribution is 2.34. The molecule has 1 N–H and O–H groups in total. The van der Waals surface area contributed by atoms with E-state index in [4.69, 9.17) is 0 Å². The van der Waals surface area contributed by atoms with Crippen molar-refractivity contribution < 1.29 is 9.59 Å². The fourth-order valence-corrected chi connectivity index (χ4v) is 2.95. The van der Waals surface area contributed by atoms with Crippen LogP contribution in [0.5, 0.6) is 0 Å². The Morgan fingerprint density at radius 1 is 0.944 bits per heavy atom. The number of hydrogen-bond donors (Lipinski definition) is 1. The number of likely N-dealkylation sites (tertiary alicyclic amines) is 1. The van der Waals surface area contributed by atoms with Gasteiger partial charge in [-0.3, -0.25) is 9.59 Å². The average Bonchev–Trinajstić information content (AvgIpc) is 3.15. The molecule has 0 aromatic carbocycles. The van der Waals surface area contributed by atoms with E-state index in [-0.39, 0.29) is 23.8 Å². The average molecular weight is 251 g/mol. The van der Waals surface area contributed by atoms with E-state index < -0.39 is 0 Å². The molecule has 100 valence electrons. The van der Waals surface area contributed by atoms with E-state index in [9.17, 15) is 9.59 Å². The van der Waals surface area contributed by atoms with Gasteiger partial charge in [0.2, 0.25) is 11.8 Å². The SMILES string of the molecule is O=C(C1CCCN1C(=O)C1CC1)N1CCNCC1. The number of piperazine rings is 1. The van der Waals surface area contributed by atoms with Gasteiger partial charge in [-0.15, -0.1) is 0 Å². The molecule has 5 heteroatoms. The first kappa shape index (κ1) is 12.0. The first-order valence-corrected chi connectivity index (χ1v) is 7.07. The molecule has 0 aromatic heterocycles. The van der Waals surface area contributed by atoms with Crippen molar-refractivity contribution in [3.63, 3.8) is 0 Å². The van der Waals surface area contributed by atoms with Crippen LogP contribution in [0.25, 0.3) is 0 Å². The van der Waals surface area contributed by atoms with Crippen molar-refractivity contribution in [2.24, 2.45) is 5.92 Å². The Balaban J connectivity index is 1.65. The molecule has 1 atom stereocenters. The van der Waals surface area contributed by atoms with Gasteiger partial charge in [-0.1, -0.05) is 0 Å². The smallest absolute Gasteiger partial charge is 0.245 e. The Morgan fingerprint density at radius 2 is 1.67 bits per heavy atom. The summed E-state index contributed by atoms with van der Waals surface area (Å²) >= 11 is 0. The molecule has 0 bridgehead atoms. The fourth-order valence-electron chi connectivity index (χ4n) is 2.95. The van der Waals surface area contributed by atoms with E-state index >= 15 is 0 Å². The lowest BCUT2D eigenvalue weighted by atomic mass is 10.1. The third-order valence-corrected chi connectivity index (χ3v) is 4.18. The Bertz CT molecular complexity index is 348. The molecule has 1 aliphatic carbocycles. The van der Waals surface area contributed by atoms with Crippen LogP contribution in [0.1, 0.15) is 25.7 Å². The lowest BCUT2D eigenvalue weighted by molar-refractivity contribution is -0.144. The summed E-state index contributed by atoms with van der Waals surface area (Å²) in [6.45, 7) is 4.07. The standard InChI is InChI=1S/C13H21N3O2/c17-12(10-3-4-10)16-7-1-2-11(16)13(18)15-8-5-14-6-9-15/h10-11,14H,1-9H2. The van der Waals surface area contributed by atoms with Crippen molar-refractivity contribution in [2.75, 3.05) is 32.7 Å². The van der Waals surface area contributed by atoms with Crippen molar-refractivity contribution in [3.05, 3.63) is 0 Å². The first-order valence-electron chi connectivity index (χ1n) is 7.07. The lowest BCUT2D eigenvalue weighted by Crippen LogP contribution is -2.53. The lowest BCUT2D eigenvalue weighted by Gasteiger charge is -2.33. The summed E-state index contributed by atoms with van der Waals surface area (Å²) in [5, 5.41) is 3.25. The van der Waals surface area contributed by atoms with Gasteiger partial charge in [0.05, 0.1) is 0 Å². The van der Waals surface area contributed by atoms with Crippen molar-refractivity contribution in [3.8, 4) is 0 Å². The van der Waals surface area contributed by atoms with Crippen LogP contribution in [0.2, 0.25) is 0 Å². The highest BCUT2D eigenvalue weighted by atomic mass is 16.2. The molecule has 0 radical (unpaired) electrons. The van der Waals surface area contributed by atoms with Crippen LogP contribution in [-0.2, 0) is 9.59 Å². The normalized spacial score (nSPS) is 28.6. The molecule has 1 saturated carbocycles.